The van der Waals surface area contributed by atoms with Gasteiger partial charge in [-0.2, -0.15) is 0 Å². The van der Waals surface area contributed by atoms with Gasteiger partial charge in [0.05, 0.1) is 12.4 Å². The summed E-state index contributed by atoms with van der Waals surface area (Å²) >= 11 is 5.96. The van der Waals surface area contributed by atoms with Crippen LogP contribution in [0.5, 0.6) is 0 Å². The van der Waals surface area contributed by atoms with Crippen LogP contribution in [-0.4, -0.2) is 34.4 Å². The van der Waals surface area contributed by atoms with Crippen LogP contribution < -0.4 is 4.72 Å². The minimum Gasteiger partial charge on any atom is -0.384 e. The molecule has 2 rings (SSSR count). The zero-order valence-electron chi connectivity index (χ0n) is 12.9. The van der Waals surface area contributed by atoms with Gasteiger partial charge < -0.3 is 4.74 Å². The van der Waals surface area contributed by atoms with Gasteiger partial charge in [0, 0.05) is 24.6 Å². The van der Waals surface area contributed by atoms with Crippen LogP contribution in [0.3, 0.4) is 0 Å². The highest BCUT2D eigenvalue weighted by Crippen LogP contribution is 2.37. The summed E-state index contributed by atoms with van der Waals surface area (Å²) in [5.41, 5.74) is 1.16. The van der Waals surface area contributed by atoms with Crippen LogP contribution in [0.4, 0.5) is 0 Å². The Morgan fingerprint density at radius 3 is 2.50 bits per heavy atom. The number of halogens is 1. The fraction of sp³-hybridized carbons (Fsp3) is 0.625. The highest BCUT2D eigenvalue weighted by Gasteiger charge is 2.27. The minimum atomic E-state index is -3.29. The third-order valence-corrected chi connectivity index (χ3v) is 5.91. The zero-order chi connectivity index (χ0) is 16.0. The molecule has 1 atom stereocenters. The fourth-order valence-electron chi connectivity index (χ4n) is 3.11. The summed E-state index contributed by atoms with van der Waals surface area (Å²) in [4.78, 5) is 0. The zero-order valence-corrected chi connectivity index (χ0v) is 14.5. The Bertz CT molecular complexity index is 553. The van der Waals surface area contributed by atoms with E-state index >= 15 is 0 Å². The summed E-state index contributed by atoms with van der Waals surface area (Å²) in [5.74, 6) is 0.741. The van der Waals surface area contributed by atoms with Crippen molar-refractivity contribution in [2.45, 2.75) is 31.6 Å². The van der Waals surface area contributed by atoms with E-state index < -0.39 is 10.0 Å². The Balaban J connectivity index is 2.06. The summed E-state index contributed by atoms with van der Waals surface area (Å²) < 4.78 is 31.6. The molecule has 1 saturated carbocycles. The first-order valence-corrected chi connectivity index (χ1v) is 9.76. The van der Waals surface area contributed by atoms with E-state index in [1.165, 1.54) is 20.0 Å². The van der Waals surface area contributed by atoms with Gasteiger partial charge >= 0.3 is 0 Å². The topological polar surface area (TPSA) is 55.4 Å². The molecule has 22 heavy (non-hydrogen) atoms. The number of hydrogen-bond donors (Lipinski definition) is 1. The second-order valence-electron chi connectivity index (χ2n) is 5.86. The maximum Gasteiger partial charge on any atom is 0.213 e. The van der Waals surface area contributed by atoms with E-state index in [0.717, 1.165) is 18.4 Å². The molecule has 0 aromatic heterocycles. The fourth-order valence-corrected chi connectivity index (χ4v) is 4.20. The molecule has 0 saturated heterocycles. The van der Waals surface area contributed by atoms with Crippen molar-refractivity contribution in [2.75, 3.05) is 26.0 Å². The number of rotatable bonds is 8. The molecule has 0 heterocycles. The molecule has 0 radical (unpaired) electrons. The Kier molecular flexibility index (Phi) is 6.68. The van der Waals surface area contributed by atoms with Crippen molar-refractivity contribution in [1.82, 2.24) is 4.72 Å². The van der Waals surface area contributed by atoms with Crippen molar-refractivity contribution < 1.29 is 13.2 Å². The number of hydrogen-bond acceptors (Lipinski definition) is 3. The number of ether oxygens (including phenoxy) is 1. The molecule has 0 aliphatic heterocycles. The van der Waals surface area contributed by atoms with Gasteiger partial charge in [0.25, 0.3) is 0 Å². The molecule has 1 aromatic rings. The lowest BCUT2D eigenvalue weighted by Crippen LogP contribution is -2.33. The van der Waals surface area contributed by atoms with Crippen LogP contribution in [0.25, 0.3) is 0 Å². The SMILES string of the molecule is COCCS(=O)(=O)NCC(c1ccc(Cl)cc1)C1CCCC1. The van der Waals surface area contributed by atoms with Crippen molar-refractivity contribution in [3.05, 3.63) is 34.9 Å². The molecule has 1 aliphatic rings. The van der Waals surface area contributed by atoms with E-state index in [1.807, 2.05) is 24.3 Å². The molecule has 1 N–H and O–H groups in total. The monoisotopic (exact) mass is 345 g/mol. The van der Waals surface area contributed by atoms with Crippen LogP contribution in [0, 0.1) is 5.92 Å². The average Bonchev–Trinajstić information content (AvgIpc) is 3.01. The second kappa shape index (κ2) is 8.29. The second-order valence-corrected chi connectivity index (χ2v) is 8.23. The van der Waals surface area contributed by atoms with Gasteiger partial charge in [0.1, 0.15) is 0 Å². The highest BCUT2D eigenvalue weighted by atomic mass is 35.5. The van der Waals surface area contributed by atoms with Crippen molar-refractivity contribution in [1.29, 1.82) is 0 Å². The summed E-state index contributed by atoms with van der Waals surface area (Å²) in [6.07, 6.45) is 4.77. The van der Waals surface area contributed by atoms with Crippen LogP contribution in [-0.2, 0) is 14.8 Å². The molecule has 0 amide bonds. The maximum absolute atomic E-state index is 12.0. The lowest BCUT2D eigenvalue weighted by molar-refractivity contribution is 0.217. The van der Waals surface area contributed by atoms with Crippen LogP contribution in [0.2, 0.25) is 5.02 Å². The van der Waals surface area contributed by atoms with Gasteiger partial charge in [-0.15, -0.1) is 0 Å². The van der Waals surface area contributed by atoms with E-state index in [2.05, 4.69) is 4.72 Å². The molecule has 4 nitrogen and oxygen atoms in total. The van der Waals surface area contributed by atoms with Crippen molar-refractivity contribution in [2.24, 2.45) is 5.92 Å². The van der Waals surface area contributed by atoms with Gasteiger partial charge in [0.15, 0.2) is 0 Å². The Morgan fingerprint density at radius 2 is 1.91 bits per heavy atom. The minimum absolute atomic E-state index is 0.00149. The van der Waals surface area contributed by atoms with E-state index in [9.17, 15) is 8.42 Å². The maximum atomic E-state index is 12.0. The summed E-state index contributed by atoms with van der Waals surface area (Å²) in [6, 6.07) is 7.76. The van der Waals surface area contributed by atoms with Crippen molar-refractivity contribution >= 4 is 21.6 Å². The highest BCUT2D eigenvalue weighted by molar-refractivity contribution is 7.89. The predicted octanol–water partition coefficient (Wildman–Crippen LogP) is 3.18. The van der Waals surface area contributed by atoms with E-state index in [1.54, 1.807) is 0 Å². The van der Waals surface area contributed by atoms with Gasteiger partial charge in [-0.3, -0.25) is 0 Å². The molecular weight excluding hydrogens is 322 g/mol. The smallest absolute Gasteiger partial charge is 0.213 e. The van der Waals surface area contributed by atoms with Crippen LogP contribution in [0.1, 0.15) is 37.2 Å². The predicted molar refractivity (Wildman–Crippen MR) is 89.8 cm³/mol. The summed E-state index contributed by atoms with van der Waals surface area (Å²) in [6.45, 7) is 0.655. The third kappa shape index (κ3) is 5.23. The Hall–Kier alpha value is -0.620. The van der Waals surface area contributed by atoms with Crippen LogP contribution >= 0.6 is 11.6 Å². The third-order valence-electron chi connectivity index (χ3n) is 4.35. The van der Waals surface area contributed by atoms with E-state index in [-0.39, 0.29) is 18.3 Å². The number of sulfonamides is 1. The first kappa shape index (κ1) is 17.7. The quantitative estimate of drug-likeness (QED) is 0.787. The van der Waals surface area contributed by atoms with Gasteiger partial charge in [0.2, 0.25) is 10.0 Å². The molecule has 6 heteroatoms. The van der Waals surface area contributed by atoms with Gasteiger partial charge in [-0.1, -0.05) is 36.6 Å². The largest absolute Gasteiger partial charge is 0.384 e. The Morgan fingerprint density at radius 1 is 1.27 bits per heavy atom. The normalized spacial score (nSPS) is 17.7. The number of benzene rings is 1. The molecule has 0 spiro atoms. The molecule has 1 aromatic carbocycles. The van der Waals surface area contributed by atoms with E-state index in [4.69, 9.17) is 16.3 Å². The molecule has 0 bridgehead atoms. The molecule has 1 aliphatic carbocycles. The number of nitrogens with one attached hydrogen (secondary N) is 1. The van der Waals surface area contributed by atoms with Gasteiger partial charge in [-0.05, 0) is 36.5 Å². The van der Waals surface area contributed by atoms with Crippen LogP contribution in [0.15, 0.2) is 24.3 Å². The standard InChI is InChI=1S/C16H24ClNO3S/c1-21-10-11-22(19,20)18-12-16(13-4-2-3-5-13)14-6-8-15(17)9-7-14/h6-9,13,16,18H,2-5,10-12H2,1H3. The average molecular weight is 346 g/mol. The first-order valence-electron chi connectivity index (χ1n) is 7.73. The Labute approximate surface area is 138 Å². The summed E-state index contributed by atoms with van der Waals surface area (Å²) in [7, 11) is -1.78. The van der Waals surface area contributed by atoms with Crippen molar-refractivity contribution in [3.8, 4) is 0 Å². The van der Waals surface area contributed by atoms with E-state index in [0.29, 0.717) is 17.5 Å². The molecule has 1 unspecified atom stereocenters. The lowest BCUT2D eigenvalue weighted by Gasteiger charge is -2.24. The molecular formula is C16H24ClNO3S. The van der Waals surface area contributed by atoms with Crippen molar-refractivity contribution in [3.63, 3.8) is 0 Å². The molecule has 1 fully saturated rings. The molecule has 124 valence electrons. The lowest BCUT2D eigenvalue weighted by atomic mass is 9.85. The first-order chi connectivity index (χ1) is 10.5. The van der Waals surface area contributed by atoms with Gasteiger partial charge in [-0.25, -0.2) is 13.1 Å². The summed E-state index contributed by atoms with van der Waals surface area (Å²) in [5, 5.41) is 0.703. The number of methoxy groups -OCH3 is 1.